The molecule has 0 spiro atoms. The molecule has 2 rings (SSSR count). The highest BCUT2D eigenvalue weighted by atomic mass is 32.2. The van der Waals surface area contributed by atoms with Crippen LogP contribution in [0.15, 0.2) is 39.1 Å². The smallest absolute Gasteiger partial charge is 0.251 e. The number of nitrogens with zero attached hydrogens (tertiary/aromatic N) is 1. The molecule has 6 heteroatoms. The van der Waals surface area contributed by atoms with Crippen LogP contribution in [0.5, 0.6) is 0 Å². The summed E-state index contributed by atoms with van der Waals surface area (Å²) < 4.78 is 13.8. The molecule has 0 aliphatic rings. The number of aromatic nitrogens is 2. The van der Waals surface area contributed by atoms with Gasteiger partial charge in [0.2, 0.25) is 0 Å². The molecule has 0 amide bonds. The van der Waals surface area contributed by atoms with E-state index in [2.05, 4.69) is 9.97 Å². The van der Waals surface area contributed by atoms with Crippen LogP contribution in [0, 0.1) is 12.7 Å². The van der Waals surface area contributed by atoms with Gasteiger partial charge in [0.15, 0.2) is 10.9 Å². The lowest BCUT2D eigenvalue weighted by Gasteiger charge is -2.07. The molecule has 2 aromatic rings. The van der Waals surface area contributed by atoms with Crippen molar-refractivity contribution in [2.24, 2.45) is 0 Å². The Kier molecular flexibility index (Phi) is 3.80. The molecule has 1 N–H and O–H groups in total. The van der Waals surface area contributed by atoms with Crippen LogP contribution in [0.25, 0.3) is 0 Å². The largest absolute Gasteiger partial charge is 0.301 e. The minimum absolute atomic E-state index is 0.170. The fourth-order valence-corrected chi connectivity index (χ4v) is 2.61. The summed E-state index contributed by atoms with van der Waals surface area (Å²) >= 11 is 0.935. The summed E-state index contributed by atoms with van der Waals surface area (Å²) in [5.74, 6) is -0.751. The Bertz CT molecular complexity index is 697. The van der Waals surface area contributed by atoms with Gasteiger partial charge in [0.1, 0.15) is 5.82 Å². The Hall–Kier alpha value is -1.95. The van der Waals surface area contributed by atoms with Crippen molar-refractivity contribution in [2.45, 2.75) is 23.9 Å². The van der Waals surface area contributed by atoms with Gasteiger partial charge < -0.3 is 4.98 Å². The third-order valence-electron chi connectivity index (χ3n) is 2.39. The Morgan fingerprint density at radius 1 is 1.42 bits per heavy atom. The van der Waals surface area contributed by atoms with E-state index in [1.807, 2.05) is 0 Å². The highest BCUT2D eigenvalue weighted by Crippen LogP contribution is 2.30. The number of halogens is 1. The van der Waals surface area contributed by atoms with Crippen molar-refractivity contribution in [1.82, 2.24) is 9.97 Å². The van der Waals surface area contributed by atoms with Crippen molar-refractivity contribution >= 4 is 17.5 Å². The SMILES string of the molecule is CC(=O)c1cccc(F)c1Sc1nc(C)cc(=O)[nH]1. The van der Waals surface area contributed by atoms with E-state index < -0.39 is 5.82 Å². The number of Topliss-reactive ketones (excluding diaryl/α,β-unsaturated/α-hetero) is 1. The fourth-order valence-electron chi connectivity index (χ4n) is 1.59. The van der Waals surface area contributed by atoms with Crippen LogP contribution >= 0.6 is 11.8 Å². The summed E-state index contributed by atoms with van der Waals surface area (Å²) in [5.41, 5.74) is 0.497. The first-order chi connectivity index (χ1) is 8.97. The van der Waals surface area contributed by atoms with Gasteiger partial charge in [-0.2, -0.15) is 0 Å². The molecule has 0 aliphatic carbocycles. The average molecular weight is 278 g/mol. The molecule has 0 radical (unpaired) electrons. The van der Waals surface area contributed by atoms with Crippen molar-refractivity contribution in [3.05, 3.63) is 51.7 Å². The van der Waals surface area contributed by atoms with Crippen molar-refractivity contribution in [1.29, 1.82) is 0 Å². The van der Waals surface area contributed by atoms with Gasteiger partial charge >= 0.3 is 0 Å². The van der Waals surface area contributed by atoms with E-state index in [9.17, 15) is 14.0 Å². The summed E-state index contributed by atoms with van der Waals surface area (Å²) in [6.07, 6.45) is 0. The molecule has 0 aliphatic heterocycles. The maximum absolute atomic E-state index is 13.8. The van der Waals surface area contributed by atoms with Crippen LogP contribution in [-0.4, -0.2) is 15.8 Å². The van der Waals surface area contributed by atoms with E-state index in [0.717, 1.165) is 11.8 Å². The van der Waals surface area contributed by atoms with Crippen molar-refractivity contribution in [2.75, 3.05) is 0 Å². The number of ketones is 1. The number of rotatable bonds is 3. The normalized spacial score (nSPS) is 10.5. The minimum Gasteiger partial charge on any atom is -0.301 e. The molecule has 0 atom stereocenters. The molecule has 1 aromatic carbocycles. The average Bonchev–Trinajstić information content (AvgIpc) is 2.30. The maximum atomic E-state index is 13.8. The number of carbonyl (C=O) groups is 1. The lowest BCUT2D eigenvalue weighted by Crippen LogP contribution is -2.08. The first-order valence-corrected chi connectivity index (χ1v) is 6.34. The van der Waals surface area contributed by atoms with Gasteiger partial charge in [-0.3, -0.25) is 9.59 Å². The van der Waals surface area contributed by atoms with Gasteiger partial charge in [-0.25, -0.2) is 9.37 Å². The summed E-state index contributed by atoms with van der Waals surface area (Å²) in [6, 6.07) is 5.63. The minimum atomic E-state index is -0.512. The number of aryl methyl sites for hydroxylation is 1. The molecule has 98 valence electrons. The Morgan fingerprint density at radius 2 is 2.16 bits per heavy atom. The number of nitrogens with one attached hydrogen (secondary N) is 1. The lowest BCUT2D eigenvalue weighted by molar-refractivity contribution is 0.101. The van der Waals surface area contributed by atoms with E-state index in [1.165, 1.54) is 25.1 Å². The number of carbonyl (C=O) groups excluding carboxylic acids is 1. The molecule has 4 nitrogen and oxygen atoms in total. The van der Waals surface area contributed by atoms with Gasteiger partial charge in [0.05, 0.1) is 4.90 Å². The molecule has 19 heavy (non-hydrogen) atoms. The summed E-state index contributed by atoms with van der Waals surface area (Å²) in [4.78, 5) is 29.6. The van der Waals surface area contributed by atoms with Crippen LogP contribution in [0.4, 0.5) is 4.39 Å². The monoisotopic (exact) mass is 278 g/mol. The van der Waals surface area contributed by atoms with Gasteiger partial charge in [-0.1, -0.05) is 12.1 Å². The van der Waals surface area contributed by atoms with Crippen LogP contribution in [-0.2, 0) is 0 Å². The Balaban J connectivity index is 2.48. The number of benzene rings is 1. The topological polar surface area (TPSA) is 62.8 Å². The molecule has 0 unspecified atom stereocenters. The second-order valence-corrected chi connectivity index (χ2v) is 4.97. The molecule has 0 saturated heterocycles. The number of hydrogen-bond acceptors (Lipinski definition) is 4. The first kappa shape index (κ1) is 13.5. The quantitative estimate of drug-likeness (QED) is 0.692. The van der Waals surface area contributed by atoms with E-state index in [1.54, 1.807) is 13.0 Å². The predicted octanol–water partition coefficient (Wildman–Crippen LogP) is 2.57. The molecule has 0 bridgehead atoms. The Morgan fingerprint density at radius 3 is 2.79 bits per heavy atom. The summed E-state index contributed by atoms with van der Waals surface area (Å²) in [6.45, 7) is 3.04. The van der Waals surface area contributed by atoms with E-state index >= 15 is 0 Å². The van der Waals surface area contributed by atoms with Gasteiger partial charge in [0, 0.05) is 17.3 Å². The zero-order chi connectivity index (χ0) is 14.0. The zero-order valence-electron chi connectivity index (χ0n) is 10.4. The highest BCUT2D eigenvalue weighted by molar-refractivity contribution is 7.99. The standard InChI is InChI=1S/C13H11FN2O2S/c1-7-6-11(18)16-13(15-7)19-12-9(8(2)17)4-3-5-10(12)14/h3-6H,1-2H3,(H,15,16,18). The third-order valence-corrected chi connectivity index (χ3v) is 3.40. The predicted molar refractivity (Wildman–Crippen MR) is 70.1 cm³/mol. The second kappa shape index (κ2) is 5.36. The molecule has 0 fully saturated rings. The van der Waals surface area contributed by atoms with Gasteiger partial charge in [-0.05, 0) is 31.7 Å². The van der Waals surface area contributed by atoms with E-state index in [-0.39, 0.29) is 27.0 Å². The fraction of sp³-hybridized carbons (Fsp3) is 0.154. The lowest BCUT2D eigenvalue weighted by atomic mass is 10.1. The number of H-pyrrole nitrogens is 1. The van der Waals surface area contributed by atoms with Crippen molar-refractivity contribution in [3.63, 3.8) is 0 Å². The van der Waals surface area contributed by atoms with Gasteiger partial charge in [-0.15, -0.1) is 0 Å². The van der Waals surface area contributed by atoms with Crippen molar-refractivity contribution < 1.29 is 9.18 Å². The van der Waals surface area contributed by atoms with Crippen molar-refractivity contribution in [3.8, 4) is 0 Å². The highest BCUT2D eigenvalue weighted by Gasteiger charge is 2.14. The second-order valence-electron chi connectivity index (χ2n) is 3.97. The molecular weight excluding hydrogens is 267 g/mol. The first-order valence-electron chi connectivity index (χ1n) is 5.52. The van der Waals surface area contributed by atoms with Crippen LogP contribution in [0.2, 0.25) is 0 Å². The molecule has 1 heterocycles. The molecule has 0 saturated carbocycles. The maximum Gasteiger partial charge on any atom is 0.251 e. The number of hydrogen-bond donors (Lipinski definition) is 1. The van der Waals surface area contributed by atoms with Gasteiger partial charge in [0.25, 0.3) is 5.56 Å². The van der Waals surface area contributed by atoms with E-state index in [4.69, 9.17) is 0 Å². The molecular formula is C13H11FN2O2S. The van der Waals surface area contributed by atoms with Crippen LogP contribution < -0.4 is 5.56 Å². The summed E-state index contributed by atoms with van der Waals surface area (Å²) in [7, 11) is 0. The zero-order valence-corrected chi connectivity index (χ0v) is 11.2. The Labute approximate surface area is 113 Å². The van der Waals surface area contributed by atoms with E-state index in [0.29, 0.717) is 5.69 Å². The third kappa shape index (κ3) is 3.08. The summed E-state index contributed by atoms with van der Waals surface area (Å²) in [5, 5.41) is 0.262. The number of aromatic amines is 1. The molecule has 1 aromatic heterocycles. The van der Waals surface area contributed by atoms with Crippen LogP contribution in [0.1, 0.15) is 23.0 Å². The van der Waals surface area contributed by atoms with Crippen LogP contribution in [0.3, 0.4) is 0 Å².